The fraction of sp³-hybridized carbons (Fsp3) is 0.138. The van der Waals surface area contributed by atoms with Crippen LogP contribution < -0.4 is 4.74 Å². The Morgan fingerprint density at radius 3 is 2.02 bits per heavy atom. The summed E-state index contributed by atoms with van der Waals surface area (Å²) in [6, 6.07) is 28.4. The molecule has 0 amide bonds. The summed E-state index contributed by atoms with van der Waals surface area (Å²) in [6.45, 7) is 0.314. The van der Waals surface area contributed by atoms with Gasteiger partial charge in [0.1, 0.15) is 10.6 Å². The topological polar surface area (TPSA) is 128 Å². The van der Waals surface area contributed by atoms with Crippen LogP contribution in [0.25, 0.3) is 11.4 Å². The highest BCUT2D eigenvalue weighted by Gasteiger charge is 2.35. The zero-order chi connectivity index (χ0) is 29.7. The van der Waals surface area contributed by atoms with Crippen molar-refractivity contribution in [2.75, 3.05) is 7.11 Å². The third-order valence-corrected chi connectivity index (χ3v) is 9.80. The predicted molar refractivity (Wildman–Crippen MR) is 161 cm³/mol. The first-order valence-electron chi connectivity index (χ1n) is 12.7. The van der Waals surface area contributed by atoms with Crippen molar-refractivity contribution >= 4 is 37.0 Å². The third-order valence-electron chi connectivity index (χ3n) is 6.42. The van der Waals surface area contributed by atoms with E-state index in [4.69, 9.17) is 4.74 Å². The molecule has 0 bridgehead atoms. The molecule has 1 unspecified atom stereocenters. The summed E-state index contributed by atoms with van der Waals surface area (Å²) >= 11 is 0.802. The van der Waals surface area contributed by atoms with Crippen molar-refractivity contribution in [3.8, 4) is 17.1 Å². The van der Waals surface area contributed by atoms with Crippen molar-refractivity contribution in [2.45, 2.75) is 29.4 Å². The van der Waals surface area contributed by atoms with Crippen molar-refractivity contribution in [1.82, 2.24) is 24.5 Å². The van der Waals surface area contributed by atoms with Gasteiger partial charge in [0.2, 0.25) is 15.8 Å². The normalized spacial score (nSPS) is 12.4. The van der Waals surface area contributed by atoms with Crippen LogP contribution in [-0.2, 0) is 40.7 Å². The lowest BCUT2D eigenvalue weighted by atomic mass is 10.2. The molecule has 4 aromatic carbocycles. The van der Waals surface area contributed by atoms with Gasteiger partial charge in [-0.3, -0.25) is 0 Å². The molecule has 0 aliphatic rings. The van der Waals surface area contributed by atoms with Crippen LogP contribution in [0.15, 0.2) is 111 Å². The van der Waals surface area contributed by atoms with E-state index in [-0.39, 0.29) is 40.8 Å². The Hall–Kier alpha value is -3.75. The van der Waals surface area contributed by atoms with Gasteiger partial charge in [0, 0.05) is 17.6 Å². The zero-order valence-electron chi connectivity index (χ0n) is 22.4. The number of aromatic nitrogens is 4. The Kier molecular flexibility index (Phi) is 9.24. The first-order chi connectivity index (χ1) is 20.3. The first-order valence-corrected chi connectivity index (χ1v) is 16.0. The number of sulfonamides is 1. The molecule has 5 rings (SSSR count). The minimum absolute atomic E-state index is 0.0133. The Morgan fingerprint density at radius 2 is 1.48 bits per heavy atom. The molecule has 42 heavy (non-hydrogen) atoms. The van der Waals surface area contributed by atoms with Gasteiger partial charge in [0.05, 0.1) is 24.1 Å². The number of rotatable bonds is 11. The van der Waals surface area contributed by atoms with E-state index in [0.717, 1.165) is 16.7 Å². The molecule has 1 N–H and O–H groups in total. The smallest absolute Gasteiger partial charge is 0.245 e. The number of hydrogen-bond acceptors (Lipinski definition) is 7. The van der Waals surface area contributed by atoms with Crippen molar-refractivity contribution in [1.29, 1.82) is 0 Å². The molecule has 1 aromatic heterocycles. The summed E-state index contributed by atoms with van der Waals surface area (Å²) in [5.74, 6) is 0.690. The van der Waals surface area contributed by atoms with E-state index in [2.05, 4.69) is 31.3 Å². The average Bonchev–Trinajstić information content (AvgIpc) is 3.45. The Bertz CT molecular complexity index is 1760. The van der Waals surface area contributed by atoms with E-state index in [9.17, 15) is 17.2 Å². The minimum Gasteiger partial charge on any atom is -0.497 e. The van der Waals surface area contributed by atoms with Crippen LogP contribution in [0.1, 0.15) is 16.7 Å². The van der Waals surface area contributed by atoms with Gasteiger partial charge in [-0.05, 0) is 62.1 Å². The van der Waals surface area contributed by atoms with Crippen LogP contribution in [0.4, 0.5) is 0 Å². The quantitative estimate of drug-likeness (QED) is 0.192. The first kappa shape index (κ1) is 29.7. The number of benzene rings is 4. The highest BCUT2D eigenvalue weighted by Crippen LogP contribution is 2.38. The molecule has 0 fully saturated rings. The maximum atomic E-state index is 14.5. The molecule has 5 aromatic rings. The summed E-state index contributed by atoms with van der Waals surface area (Å²) in [7, 11) is -2.83. The second kappa shape index (κ2) is 13.0. The van der Waals surface area contributed by atoms with Crippen molar-refractivity contribution in [2.24, 2.45) is 0 Å². The Labute approximate surface area is 254 Å². The van der Waals surface area contributed by atoms with Gasteiger partial charge in [0.15, 0.2) is 11.1 Å². The lowest BCUT2D eigenvalue weighted by Crippen LogP contribution is -2.31. The minimum atomic E-state index is -4.41. The molecule has 0 aliphatic carbocycles. The van der Waals surface area contributed by atoms with Crippen molar-refractivity contribution in [3.63, 3.8) is 0 Å². The van der Waals surface area contributed by atoms with E-state index in [0.29, 0.717) is 10.2 Å². The van der Waals surface area contributed by atoms with Crippen LogP contribution in [0.2, 0.25) is 0 Å². The number of hydrogen-bond donors (Lipinski definition) is 1. The van der Waals surface area contributed by atoms with E-state index in [1.165, 1.54) is 21.2 Å². The van der Waals surface area contributed by atoms with Crippen LogP contribution in [0.3, 0.4) is 0 Å². The highest BCUT2D eigenvalue weighted by atomic mass is 79.9. The SMILES string of the molecule is COc1ccc(Cn2nnc(-c3c(Br)ccc(S(=O)O)c3S(=O)(=O)N(Cc3ccccc3)Cc3ccccc3)n2)cc1. The molecule has 1 heterocycles. The molecule has 0 radical (unpaired) electrons. The van der Waals surface area contributed by atoms with Crippen molar-refractivity contribution in [3.05, 3.63) is 118 Å². The second-order valence-electron chi connectivity index (χ2n) is 9.23. The average molecular weight is 669 g/mol. The van der Waals surface area contributed by atoms with Crippen LogP contribution in [-0.4, -0.2) is 48.8 Å². The van der Waals surface area contributed by atoms with E-state index >= 15 is 0 Å². The van der Waals surface area contributed by atoms with Crippen LogP contribution in [0, 0.1) is 0 Å². The van der Waals surface area contributed by atoms with Crippen LogP contribution >= 0.6 is 15.9 Å². The monoisotopic (exact) mass is 667 g/mol. The zero-order valence-corrected chi connectivity index (χ0v) is 25.6. The number of nitrogens with zero attached hydrogens (tertiary/aromatic N) is 5. The molecule has 0 aliphatic heterocycles. The molecular formula is C29H26BrN5O5S2. The largest absolute Gasteiger partial charge is 0.497 e. The standard InChI is InChI=1S/C29H26BrN5O5S2/c1-40-24-14-12-23(13-15-24)20-35-32-29(31-33-35)27-25(30)16-17-26(41(36)37)28(27)42(38,39)34(18-21-8-4-2-5-9-21)19-22-10-6-3-7-11-22/h2-17H,18-20H2,1H3,(H,36,37). The summed E-state index contributed by atoms with van der Waals surface area (Å²) in [4.78, 5) is 0.674. The Morgan fingerprint density at radius 1 is 0.881 bits per heavy atom. The highest BCUT2D eigenvalue weighted by molar-refractivity contribution is 9.10. The van der Waals surface area contributed by atoms with Gasteiger partial charge < -0.3 is 9.29 Å². The van der Waals surface area contributed by atoms with E-state index in [1.807, 2.05) is 84.9 Å². The summed E-state index contributed by atoms with van der Waals surface area (Å²) in [6.07, 6.45) is 0. The number of halogens is 1. The lowest BCUT2D eigenvalue weighted by Gasteiger charge is -2.25. The second-order valence-corrected chi connectivity index (χ2v) is 12.9. The van der Waals surface area contributed by atoms with E-state index < -0.39 is 21.1 Å². The van der Waals surface area contributed by atoms with Gasteiger partial charge in [-0.1, -0.05) is 72.8 Å². The number of methoxy groups -OCH3 is 1. The van der Waals surface area contributed by atoms with Gasteiger partial charge in [-0.15, -0.1) is 10.2 Å². The maximum Gasteiger partial charge on any atom is 0.245 e. The Balaban J connectivity index is 1.61. The molecular weight excluding hydrogens is 642 g/mol. The maximum absolute atomic E-state index is 14.5. The molecule has 0 saturated carbocycles. The number of ether oxygens (including phenoxy) is 1. The molecule has 0 spiro atoms. The molecule has 13 heteroatoms. The van der Waals surface area contributed by atoms with Crippen LogP contribution in [0.5, 0.6) is 5.75 Å². The third kappa shape index (κ3) is 6.66. The van der Waals surface area contributed by atoms with Crippen molar-refractivity contribution < 1.29 is 21.9 Å². The lowest BCUT2D eigenvalue weighted by molar-refractivity contribution is 0.400. The van der Waals surface area contributed by atoms with Gasteiger partial charge in [-0.25, -0.2) is 12.6 Å². The predicted octanol–water partition coefficient (Wildman–Crippen LogP) is 5.13. The van der Waals surface area contributed by atoms with Gasteiger partial charge in [-0.2, -0.15) is 9.10 Å². The van der Waals surface area contributed by atoms with Gasteiger partial charge in [0.25, 0.3) is 0 Å². The number of tetrazole rings is 1. The summed E-state index contributed by atoms with van der Waals surface area (Å²) in [5.41, 5.74) is 2.42. The molecule has 10 nitrogen and oxygen atoms in total. The molecule has 216 valence electrons. The fourth-order valence-electron chi connectivity index (χ4n) is 4.38. The molecule has 0 saturated heterocycles. The summed E-state index contributed by atoms with van der Waals surface area (Å²) < 4.78 is 58.7. The van der Waals surface area contributed by atoms with E-state index in [1.54, 1.807) is 7.11 Å². The fourth-order valence-corrected chi connectivity index (χ4v) is 7.67. The molecule has 1 atom stereocenters. The van der Waals surface area contributed by atoms with Gasteiger partial charge >= 0.3 is 0 Å². The summed E-state index contributed by atoms with van der Waals surface area (Å²) in [5, 5.41) is 12.7.